The van der Waals surface area contributed by atoms with Crippen molar-refractivity contribution in [3.05, 3.63) is 224 Å². The van der Waals surface area contributed by atoms with E-state index in [0.717, 1.165) is 66.6 Å². The minimum Gasteiger partial charge on any atom is -0.454 e. The average Bonchev–Trinajstić information content (AvgIpc) is 4.18. The molecule has 70 heavy (non-hydrogen) atoms. The minimum absolute atomic E-state index is 0.647. The number of fused-ring (bicyclic) bond motifs is 12. The molecular weight excluding hydrogens is 875 g/mol. The van der Waals surface area contributed by atoms with Crippen molar-refractivity contribution >= 4 is 97.1 Å². The van der Waals surface area contributed by atoms with Gasteiger partial charge in [0.15, 0.2) is 23.1 Å². The standard InChI is InChI=1S/C63H37N5OS/c1-3-14-38(15-4-1)61-64-62(39-16-5-2-6-17-39)66-63(65-61)42-28-32-58-50(36-42)51-37-43(29-33-59(51)70-58)67-52-22-10-7-18-44(52)48-34-40(26-30-54(48)67)41-27-31-55-49(35-41)45-19-8-11-23-53(45)68(55)56-24-13-21-47-46-20-9-12-25-57(46)69-60(47)56/h1-37H. The van der Waals surface area contributed by atoms with Crippen LogP contribution in [0, 0.1) is 0 Å². The van der Waals surface area contributed by atoms with E-state index in [1.807, 2.05) is 84.1 Å². The van der Waals surface area contributed by atoms with E-state index in [9.17, 15) is 0 Å². The fourth-order valence-corrected chi connectivity index (χ4v) is 11.8. The minimum atomic E-state index is 0.647. The van der Waals surface area contributed by atoms with Gasteiger partial charge in [0.05, 0.1) is 27.8 Å². The second-order valence-electron chi connectivity index (χ2n) is 18.0. The van der Waals surface area contributed by atoms with E-state index in [4.69, 9.17) is 19.4 Å². The van der Waals surface area contributed by atoms with E-state index in [-0.39, 0.29) is 0 Å². The molecule has 0 amide bonds. The van der Waals surface area contributed by atoms with Crippen LogP contribution in [0.1, 0.15) is 0 Å². The van der Waals surface area contributed by atoms with Crippen LogP contribution in [0.25, 0.3) is 142 Å². The Labute approximate surface area is 404 Å². The van der Waals surface area contributed by atoms with Crippen molar-refractivity contribution in [1.82, 2.24) is 24.1 Å². The fraction of sp³-hybridized carbons (Fsp3) is 0. The predicted octanol–water partition coefficient (Wildman–Crippen LogP) is 17.0. The topological polar surface area (TPSA) is 61.7 Å². The monoisotopic (exact) mass is 911 g/mol. The normalized spacial score (nSPS) is 12.0. The summed E-state index contributed by atoms with van der Waals surface area (Å²) in [6.07, 6.45) is 0. The first-order chi connectivity index (χ1) is 34.7. The van der Waals surface area contributed by atoms with Crippen molar-refractivity contribution in [2.75, 3.05) is 0 Å². The molecule has 0 aliphatic carbocycles. The van der Waals surface area contributed by atoms with E-state index < -0.39 is 0 Å². The van der Waals surface area contributed by atoms with Crippen LogP contribution < -0.4 is 0 Å². The lowest BCUT2D eigenvalue weighted by Crippen LogP contribution is -2.00. The number of nitrogens with zero attached hydrogens (tertiary/aromatic N) is 5. The summed E-state index contributed by atoms with van der Waals surface area (Å²) in [6.45, 7) is 0. The number of hydrogen-bond donors (Lipinski definition) is 0. The number of aromatic nitrogens is 5. The highest BCUT2D eigenvalue weighted by molar-refractivity contribution is 7.25. The molecule has 15 rings (SSSR count). The van der Waals surface area contributed by atoms with Crippen LogP contribution in [0.4, 0.5) is 0 Å². The molecule has 5 heterocycles. The Morgan fingerprint density at radius 2 is 0.800 bits per heavy atom. The molecule has 0 aliphatic heterocycles. The third-order valence-corrected chi connectivity index (χ3v) is 15.1. The number of para-hydroxylation sites is 4. The molecule has 0 bridgehead atoms. The molecule has 0 aliphatic rings. The lowest BCUT2D eigenvalue weighted by atomic mass is 10.0. The summed E-state index contributed by atoms with van der Waals surface area (Å²) in [5, 5.41) is 9.45. The Morgan fingerprint density at radius 1 is 0.314 bits per heavy atom. The first kappa shape index (κ1) is 38.9. The second kappa shape index (κ2) is 15.2. The van der Waals surface area contributed by atoms with Crippen LogP contribution in [0.5, 0.6) is 0 Å². The van der Waals surface area contributed by atoms with E-state index in [2.05, 4.69) is 161 Å². The smallest absolute Gasteiger partial charge is 0.164 e. The number of thiophene rings is 1. The summed E-state index contributed by atoms with van der Waals surface area (Å²) in [6, 6.07) is 79.9. The molecule has 0 radical (unpaired) electrons. The van der Waals surface area contributed by atoms with Crippen molar-refractivity contribution in [1.29, 1.82) is 0 Å². The molecule has 0 N–H and O–H groups in total. The number of benzene rings is 10. The van der Waals surface area contributed by atoms with Gasteiger partial charge >= 0.3 is 0 Å². The van der Waals surface area contributed by atoms with Crippen molar-refractivity contribution in [3.63, 3.8) is 0 Å². The van der Waals surface area contributed by atoms with Crippen molar-refractivity contribution in [3.8, 4) is 56.7 Å². The van der Waals surface area contributed by atoms with Gasteiger partial charge in [0.2, 0.25) is 0 Å². The van der Waals surface area contributed by atoms with Gasteiger partial charge in [0.25, 0.3) is 0 Å². The third kappa shape index (κ3) is 5.95. The number of furan rings is 1. The Bertz CT molecular complexity index is 4540. The van der Waals surface area contributed by atoms with Gasteiger partial charge in [-0.15, -0.1) is 11.3 Å². The molecule has 0 unspecified atom stereocenters. The summed E-state index contributed by atoms with van der Waals surface area (Å²) in [7, 11) is 0. The van der Waals surface area contributed by atoms with Crippen molar-refractivity contribution < 1.29 is 4.42 Å². The zero-order valence-electron chi connectivity index (χ0n) is 37.4. The maximum atomic E-state index is 6.57. The molecular formula is C63H37N5OS. The van der Waals surface area contributed by atoms with Gasteiger partial charge in [0.1, 0.15) is 5.58 Å². The summed E-state index contributed by atoms with van der Waals surface area (Å²) in [5.41, 5.74) is 13.7. The van der Waals surface area contributed by atoms with Gasteiger partial charge in [-0.1, -0.05) is 140 Å². The predicted molar refractivity (Wildman–Crippen MR) is 290 cm³/mol. The lowest BCUT2D eigenvalue weighted by molar-refractivity contribution is 0.666. The molecule has 0 saturated carbocycles. The molecule has 7 heteroatoms. The molecule has 10 aromatic carbocycles. The quantitative estimate of drug-likeness (QED) is 0.167. The Kier molecular flexibility index (Phi) is 8.43. The number of hydrogen-bond acceptors (Lipinski definition) is 5. The average molecular weight is 912 g/mol. The molecule has 326 valence electrons. The molecule has 6 nitrogen and oxygen atoms in total. The Balaban J connectivity index is 0.852. The first-order valence-corrected chi connectivity index (χ1v) is 24.3. The maximum absolute atomic E-state index is 6.57. The van der Waals surface area contributed by atoms with E-state index in [1.165, 1.54) is 58.4 Å². The van der Waals surface area contributed by atoms with Gasteiger partial charge < -0.3 is 13.6 Å². The van der Waals surface area contributed by atoms with Crippen LogP contribution in [-0.2, 0) is 0 Å². The van der Waals surface area contributed by atoms with E-state index in [0.29, 0.717) is 17.5 Å². The van der Waals surface area contributed by atoms with Crippen molar-refractivity contribution in [2.45, 2.75) is 0 Å². The highest BCUT2D eigenvalue weighted by Gasteiger charge is 2.20. The van der Waals surface area contributed by atoms with Crippen LogP contribution in [-0.4, -0.2) is 24.1 Å². The molecule has 0 spiro atoms. The van der Waals surface area contributed by atoms with Gasteiger partial charge in [0, 0.05) is 74.9 Å². The molecule has 0 atom stereocenters. The zero-order valence-corrected chi connectivity index (χ0v) is 38.2. The second-order valence-corrected chi connectivity index (χ2v) is 19.0. The highest BCUT2D eigenvalue weighted by atomic mass is 32.1. The number of rotatable bonds is 6. The highest BCUT2D eigenvalue weighted by Crippen LogP contribution is 2.43. The Hall–Kier alpha value is -9.17. The fourth-order valence-electron chi connectivity index (χ4n) is 10.7. The Morgan fingerprint density at radius 3 is 1.47 bits per heavy atom. The SMILES string of the molecule is c1ccc(-c2nc(-c3ccccc3)nc(-c3ccc4sc5ccc(-n6c7ccccc7c7cc(-c8ccc9c(c8)c8ccccc8n9-c8cccc9c8oc8ccccc89)ccc76)cc5c4c3)n2)cc1. The summed E-state index contributed by atoms with van der Waals surface area (Å²) in [4.78, 5) is 15.0. The van der Waals surface area contributed by atoms with Crippen LogP contribution >= 0.6 is 11.3 Å². The van der Waals surface area contributed by atoms with Gasteiger partial charge in [-0.2, -0.15) is 0 Å². The summed E-state index contributed by atoms with van der Waals surface area (Å²) >= 11 is 1.81. The van der Waals surface area contributed by atoms with Gasteiger partial charge in [-0.05, 0) is 96.1 Å². The largest absolute Gasteiger partial charge is 0.454 e. The lowest BCUT2D eigenvalue weighted by Gasteiger charge is -2.10. The van der Waals surface area contributed by atoms with Gasteiger partial charge in [-0.3, -0.25) is 0 Å². The van der Waals surface area contributed by atoms with Crippen LogP contribution in [0.3, 0.4) is 0 Å². The summed E-state index contributed by atoms with van der Waals surface area (Å²) < 4.78 is 13.8. The molecule has 5 aromatic heterocycles. The van der Waals surface area contributed by atoms with E-state index >= 15 is 0 Å². The molecule has 15 aromatic rings. The first-order valence-electron chi connectivity index (χ1n) is 23.5. The van der Waals surface area contributed by atoms with E-state index in [1.54, 1.807) is 0 Å². The molecule has 0 saturated heterocycles. The van der Waals surface area contributed by atoms with Crippen LogP contribution in [0.2, 0.25) is 0 Å². The zero-order chi connectivity index (χ0) is 45.9. The van der Waals surface area contributed by atoms with Gasteiger partial charge in [-0.25, -0.2) is 15.0 Å². The molecule has 0 fully saturated rings. The van der Waals surface area contributed by atoms with Crippen LogP contribution in [0.15, 0.2) is 229 Å². The third-order valence-electron chi connectivity index (χ3n) is 14.0. The maximum Gasteiger partial charge on any atom is 0.164 e. The van der Waals surface area contributed by atoms with Crippen molar-refractivity contribution in [2.24, 2.45) is 0 Å². The summed E-state index contributed by atoms with van der Waals surface area (Å²) in [5.74, 6) is 1.95.